The Morgan fingerprint density at radius 2 is 1.54 bits per heavy atom. The summed E-state index contributed by atoms with van der Waals surface area (Å²) in [4.78, 5) is 23.4. The Labute approximate surface area is 163 Å². The summed E-state index contributed by atoms with van der Waals surface area (Å²) < 4.78 is 11.3. The van der Waals surface area contributed by atoms with E-state index in [2.05, 4.69) is 17.6 Å². The van der Waals surface area contributed by atoms with Crippen molar-refractivity contribution in [2.24, 2.45) is 0 Å². The zero-order chi connectivity index (χ0) is 19.9. The van der Waals surface area contributed by atoms with E-state index in [-0.39, 0.29) is 24.2 Å². The number of nitrogens with one attached hydrogen (secondary N) is 2. The van der Waals surface area contributed by atoms with E-state index >= 15 is 0 Å². The molecule has 144 valence electrons. The molecule has 2 amide bonds. The summed E-state index contributed by atoms with van der Waals surface area (Å²) in [6.07, 6.45) is 0.979. The molecule has 0 aliphatic heterocycles. The number of furan rings is 1. The molecule has 0 fully saturated rings. The molecule has 1 heterocycles. The van der Waals surface area contributed by atoms with Crippen LogP contribution in [0.4, 0.5) is 11.4 Å². The normalized spacial score (nSPS) is 10.4. The number of amides is 2. The van der Waals surface area contributed by atoms with Crippen molar-refractivity contribution in [1.82, 2.24) is 0 Å². The van der Waals surface area contributed by atoms with E-state index in [0.29, 0.717) is 17.1 Å². The Bertz CT molecular complexity index is 943. The number of anilines is 2. The maximum Gasteiger partial charge on any atom is 0.291 e. The topological polar surface area (TPSA) is 80.6 Å². The van der Waals surface area contributed by atoms with Crippen LogP contribution in [-0.2, 0) is 17.8 Å². The van der Waals surface area contributed by atoms with E-state index < -0.39 is 0 Å². The van der Waals surface area contributed by atoms with E-state index in [9.17, 15) is 9.59 Å². The molecular formula is C22H22N2O4. The van der Waals surface area contributed by atoms with Gasteiger partial charge in [0.1, 0.15) is 18.1 Å². The van der Waals surface area contributed by atoms with Gasteiger partial charge in [0, 0.05) is 18.3 Å². The van der Waals surface area contributed by atoms with Gasteiger partial charge in [-0.05, 0) is 60.5 Å². The van der Waals surface area contributed by atoms with Crippen molar-refractivity contribution in [3.05, 3.63) is 77.7 Å². The highest BCUT2D eigenvalue weighted by atomic mass is 16.5. The van der Waals surface area contributed by atoms with Crippen LogP contribution in [-0.4, -0.2) is 11.8 Å². The molecule has 0 atom stereocenters. The van der Waals surface area contributed by atoms with E-state index in [1.807, 2.05) is 24.3 Å². The van der Waals surface area contributed by atoms with Gasteiger partial charge in [-0.2, -0.15) is 0 Å². The molecule has 1 aromatic heterocycles. The Balaban J connectivity index is 1.55. The summed E-state index contributed by atoms with van der Waals surface area (Å²) in [7, 11) is 0. The zero-order valence-corrected chi connectivity index (χ0v) is 15.8. The summed E-state index contributed by atoms with van der Waals surface area (Å²) in [5, 5.41) is 5.42. The molecule has 3 rings (SSSR count). The van der Waals surface area contributed by atoms with Gasteiger partial charge >= 0.3 is 0 Å². The molecule has 3 aromatic rings. The highest BCUT2D eigenvalue weighted by molar-refractivity contribution is 6.02. The van der Waals surface area contributed by atoms with Crippen LogP contribution in [0.5, 0.6) is 5.75 Å². The molecule has 0 saturated carbocycles. The average molecular weight is 378 g/mol. The highest BCUT2D eigenvalue weighted by Crippen LogP contribution is 2.18. The zero-order valence-electron chi connectivity index (χ0n) is 15.8. The minimum Gasteiger partial charge on any atom is -0.486 e. The average Bonchev–Trinajstić information content (AvgIpc) is 3.17. The van der Waals surface area contributed by atoms with Crippen LogP contribution in [0, 0.1) is 0 Å². The Morgan fingerprint density at radius 1 is 0.893 bits per heavy atom. The first-order valence-corrected chi connectivity index (χ1v) is 9.03. The van der Waals surface area contributed by atoms with Gasteiger partial charge in [0.15, 0.2) is 5.76 Å². The molecule has 0 saturated heterocycles. The highest BCUT2D eigenvalue weighted by Gasteiger charge is 2.12. The number of benzene rings is 2. The summed E-state index contributed by atoms with van der Waals surface area (Å²) in [6.45, 7) is 3.78. The van der Waals surface area contributed by atoms with Crippen LogP contribution in [0.15, 0.2) is 65.1 Å². The van der Waals surface area contributed by atoms with Gasteiger partial charge in [-0.15, -0.1) is 0 Å². The third kappa shape index (κ3) is 5.23. The predicted octanol–water partition coefficient (Wildman–Crippen LogP) is 4.63. The maximum atomic E-state index is 12.3. The molecule has 0 unspecified atom stereocenters. The molecule has 0 radical (unpaired) electrons. The lowest BCUT2D eigenvalue weighted by Crippen LogP contribution is -2.11. The summed E-state index contributed by atoms with van der Waals surface area (Å²) in [6, 6.07) is 18.0. The van der Waals surface area contributed by atoms with Crippen LogP contribution in [0.2, 0.25) is 0 Å². The molecule has 0 spiro atoms. The third-order valence-electron chi connectivity index (χ3n) is 4.06. The van der Waals surface area contributed by atoms with Crippen LogP contribution < -0.4 is 15.4 Å². The van der Waals surface area contributed by atoms with Crippen molar-refractivity contribution in [3.8, 4) is 5.75 Å². The monoisotopic (exact) mass is 378 g/mol. The van der Waals surface area contributed by atoms with Crippen molar-refractivity contribution < 1.29 is 18.7 Å². The molecular weight excluding hydrogens is 356 g/mol. The van der Waals surface area contributed by atoms with Crippen molar-refractivity contribution in [1.29, 1.82) is 0 Å². The maximum absolute atomic E-state index is 12.3. The smallest absolute Gasteiger partial charge is 0.291 e. The first kappa shape index (κ1) is 19.2. The molecule has 6 heteroatoms. The van der Waals surface area contributed by atoms with E-state index in [1.54, 1.807) is 36.4 Å². The van der Waals surface area contributed by atoms with Gasteiger partial charge in [0.05, 0.1) is 0 Å². The molecule has 2 N–H and O–H groups in total. The Kier molecular flexibility index (Phi) is 6.11. The Morgan fingerprint density at radius 3 is 2.14 bits per heavy atom. The molecule has 28 heavy (non-hydrogen) atoms. The number of hydrogen-bond acceptors (Lipinski definition) is 4. The second-order valence-electron chi connectivity index (χ2n) is 6.26. The van der Waals surface area contributed by atoms with Crippen molar-refractivity contribution in [2.75, 3.05) is 10.6 Å². The van der Waals surface area contributed by atoms with Crippen molar-refractivity contribution in [2.45, 2.75) is 26.9 Å². The lowest BCUT2D eigenvalue weighted by atomic mass is 10.2. The number of aryl methyl sites for hydroxylation is 1. The second kappa shape index (κ2) is 8.90. The lowest BCUT2D eigenvalue weighted by molar-refractivity contribution is -0.114. The summed E-state index contributed by atoms with van der Waals surface area (Å²) in [5.74, 6) is 1.00. The lowest BCUT2D eigenvalue weighted by Gasteiger charge is -2.06. The number of rotatable bonds is 7. The molecule has 0 aliphatic rings. The number of carbonyl (C=O) groups excluding carboxylic acids is 2. The van der Waals surface area contributed by atoms with Gasteiger partial charge in [0.2, 0.25) is 5.91 Å². The van der Waals surface area contributed by atoms with Crippen LogP contribution >= 0.6 is 0 Å². The van der Waals surface area contributed by atoms with Gasteiger partial charge in [-0.25, -0.2) is 0 Å². The molecule has 0 bridgehead atoms. The third-order valence-corrected chi connectivity index (χ3v) is 4.06. The van der Waals surface area contributed by atoms with Crippen LogP contribution in [0.25, 0.3) is 0 Å². The minimum atomic E-state index is -0.356. The minimum absolute atomic E-state index is 0.150. The molecule has 0 aliphatic carbocycles. The fourth-order valence-electron chi connectivity index (χ4n) is 2.59. The number of ether oxygens (including phenoxy) is 1. The van der Waals surface area contributed by atoms with Crippen LogP contribution in [0.3, 0.4) is 0 Å². The van der Waals surface area contributed by atoms with Gasteiger partial charge in [-0.1, -0.05) is 19.1 Å². The van der Waals surface area contributed by atoms with E-state index in [4.69, 9.17) is 9.15 Å². The number of hydrogen-bond donors (Lipinski definition) is 2. The quantitative estimate of drug-likeness (QED) is 0.628. The van der Waals surface area contributed by atoms with E-state index in [1.165, 1.54) is 12.5 Å². The van der Waals surface area contributed by atoms with Crippen molar-refractivity contribution in [3.63, 3.8) is 0 Å². The van der Waals surface area contributed by atoms with Gasteiger partial charge in [0.25, 0.3) is 5.91 Å². The van der Waals surface area contributed by atoms with Gasteiger partial charge < -0.3 is 19.8 Å². The first-order chi connectivity index (χ1) is 13.5. The Hall–Kier alpha value is -3.54. The first-order valence-electron chi connectivity index (χ1n) is 9.03. The fourth-order valence-corrected chi connectivity index (χ4v) is 2.59. The standard InChI is InChI=1S/C22H22N2O4/c1-3-16-4-10-19(11-5-16)27-14-20-12-13-21(28-20)22(26)24-18-8-6-17(7-9-18)23-15(2)25/h4-13H,3,14H2,1-2H3,(H,23,25)(H,24,26). The fraction of sp³-hybridized carbons (Fsp3) is 0.182. The molecule has 6 nitrogen and oxygen atoms in total. The van der Waals surface area contributed by atoms with E-state index in [0.717, 1.165) is 12.2 Å². The largest absolute Gasteiger partial charge is 0.486 e. The van der Waals surface area contributed by atoms with Crippen molar-refractivity contribution >= 4 is 23.2 Å². The van der Waals surface area contributed by atoms with Crippen LogP contribution in [0.1, 0.15) is 35.7 Å². The van der Waals surface area contributed by atoms with Gasteiger partial charge in [-0.3, -0.25) is 9.59 Å². The SMILES string of the molecule is CCc1ccc(OCc2ccc(C(=O)Nc3ccc(NC(C)=O)cc3)o2)cc1. The number of carbonyl (C=O) groups is 2. The molecule has 2 aromatic carbocycles. The predicted molar refractivity (Wildman–Crippen MR) is 108 cm³/mol. The second-order valence-corrected chi connectivity index (χ2v) is 6.26. The summed E-state index contributed by atoms with van der Waals surface area (Å²) >= 11 is 0. The summed E-state index contributed by atoms with van der Waals surface area (Å²) in [5.41, 5.74) is 2.51.